The Kier molecular flexibility index (Phi) is 9.64. The molecule has 3 heterocycles. The number of likely N-dealkylation sites (tertiary alicyclic amines) is 1. The molecule has 0 aromatic carbocycles. The Bertz CT molecular complexity index is 538. The summed E-state index contributed by atoms with van der Waals surface area (Å²) in [4.78, 5) is 23.7. The van der Waals surface area contributed by atoms with Crippen LogP contribution in [-0.4, -0.2) is 72.0 Å². The van der Waals surface area contributed by atoms with Gasteiger partial charge in [-0.1, -0.05) is 6.07 Å². The molecule has 26 heavy (non-hydrogen) atoms. The fourth-order valence-corrected chi connectivity index (χ4v) is 3.77. The lowest BCUT2D eigenvalue weighted by molar-refractivity contribution is -0.136. The van der Waals surface area contributed by atoms with Crippen LogP contribution >= 0.6 is 24.8 Å². The predicted molar refractivity (Wildman–Crippen MR) is 110 cm³/mol. The summed E-state index contributed by atoms with van der Waals surface area (Å²) in [6.07, 6.45) is 5.15. The number of carbonyl (C=O) groups is 1. The molecule has 2 N–H and O–H groups in total. The molecule has 2 unspecified atom stereocenters. The summed E-state index contributed by atoms with van der Waals surface area (Å²) in [6.45, 7) is 7.03. The van der Waals surface area contributed by atoms with Crippen molar-refractivity contribution in [2.24, 2.45) is 5.73 Å². The Hall–Kier alpha value is -1.08. The summed E-state index contributed by atoms with van der Waals surface area (Å²) in [6, 6.07) is 6.26. The molecule has 1 aromatic rings. The molecule has 3 rings (SSSR count). The minimum absolute atomic E-state index is 0. The van der Waals surface area contributed by atoms with Crippen molar-refractivity contribution in [3.63, 3.8) is 0 Å². The number of nitrogens with zero attached hydrogens (tertiary/aromatic N) is 4. The fraction of sp³-hybridized carbons (Fsp3) is 0.667. The molecule has 8 heteroatoms. The lowest BCUT2D eigenvalue weighted by Crippen LogP contribution is -2.56. The van der Waals surface area contributed by atoms with Crippen molar-refractivity contribution in [1.29, 1.82) is 0 Å². The first-order valence-corrected chi connectivity index (χ1v) is 9.08. The van der Waals surface area contributed by atoms with E-state index in [4.69, 9.17) is 5.73 Å². The second kappa shape index (κ2) is 10.9. The maximum atomic E-state index is 12.7. The second-order valence-corrected chi connectivity index (χ2v) is 6.96. The summed E-state index contributed by atoms with van der Waals surface area (Å²) in [7, 11) is 0. The highest BCUT2D eigenvalue weighted by atomic mass is 35.5. The minimum atomic E-state index is 0. The molecular weight excluding hydrogens is 373 g/mol. The van der Waals surface area contributed by atoms with Crippen molar-refractivity contribution in [3.05, 3.63) is 24.4 Å². The number of nitrogens with two attached hydrogens (primary N) is 1. The normalized spacial score (nSPS) is 22.2. The van der Waals surface area contributed by atoms with Gasteiger partial charge in [0.2, 0.25) is 5.91 Å². The lowest BCUT2D eigenvalue weighted by Gasteiger charge is -2.40. The maximum absolute atomic E-state index is 12.7. The van der Waals surface area contributed by atoms with Crippen LogP contribution in [0.5, 0.6) is 0 Å². The fourth-order valence-electron chi connectivity index (χ4n) is 3.77. The van der Waals surface area contributed by atoms with E-state index in [0.29, 0.717) is 6.54 Å². The zero-order valence-corrected chi connectivity index (χ0v) is 17.1. The summed E-state index contributed by atoms with van der Waals surface area (Å²) in [5, 5.41) is 0. The van der Waals surface area contributed by atoms with Gasteiger partial charge >= 0.3 is 0 Å². The van der Waals surface area contributed by atoms with Gasteiger partial charge in [-0.2, -0.15) is 0 Å². The number of piperazine rings is 1. The number of hydrogen-bond acceptors (Lipinski definition) is 5. The maximum Gasteiger partial charge on any atom is 0.237 e. The van der Waals surface area contributed by atoms with E-state index in [2.05, 4.69) is 14.8 Å². The summed E-state index contributed by atoms with van der Waals surface area (Å²) in [5.74, 6) is 1.26. The standard InChI is InChI=1S/C18H29N5O.2ClH/c1-15(19)16-6-3-5-9-23(16)18(24)14-21-10-12-22(13-11-21)17-7-2-4-8-20-17;;/h2,4,7-8,15-16H,3,5-6,9-14,19H2,1H3;2*1H. The molecule has 148 valence electrons. The van der Waals surface area contributed by atoms with Gasteiger partial charge in [0.25, 0.3) is 0 Å². The molecule has 1 amide bonds. The molecule has 2 aliphatic heterocycles. The first-order chi connectivity index (χ1) is 11.6. The largest absolute Gasteiger partial charge is 0.354 e. The summed E-state index contributed by atoms with van der Waals surface area (Å²) >= 11 is 0. The molecule has 6 nitrogen and oxygen atoms in total. The Morgan fingerprint density at radius 2 is 1.92 bits per heavy atom. The average molecular weight is 404 g/mol. The van der Waals surface area contributed by atoms with Crippen LogP contribution < -0.4 is 10.6 Å². The first kappa shape index (κ1) is 23.0. The number of hydrogen-bond donors (Lipinski definition) is 1. The third-order valence-corrected chi connectivity index (χ3v) is 5.18. The van der Waals surface area contributed by atoms with Crippen LogP contribution in [0.4, 0.5) is 5.82 Å². The molecule has 2 fully saturated rings. The first-order valence-electron chi connectivity index (χ1n) is 9.08. The Morgan fingerprint density at radius 1 is 1.19 bits per heavy atom. The molecular formula is C18H31Cl2N5O. The van der Waals surface area contributed by atoms with Gasteiger partial charge in [0.05, 0.1) is 6.54 Å². The van der Waals surface area contributed by atoms with Gasteiger partial charge in [-0.05, 0) is 38.3 Å². The Labute approximate surface area is 168 Å². The van der Waals surface area contributed by atoms with Crippen molar-refractivity contribution in [2.45, 2.75) is 38.3 Å². The molecule has 0 saturated carbocycles. The van der Waals surface area contributed by atoms with E-state index >= 15 is 0 Å². The number of amides is 1. The molecule has 2 aliphatic rings. The zero-order chi connectivity index (χ0) is 16.9. The van der Waals surface area contributed by atoms with Crippen molar-refractivity contribution in [1.82, 2.24) is 14.8 Å². The van der Waals surface area contributed by atoms with E-state index < -0.39 is 0 Å². The van der Waals surface area contributed by atoms with E-state index in [-0.39, 0.29) is 42.8 Å². The van der Waals surface area contributed by atoms with E-state index in [1.54, 1.807) is 0 Å². The van der Waals surface area contributed by atoms with Gasteiger partial charge in [-0.3, -0.25) is 9.69 Å². The predicted octanol–water partition coefficient (Wildman–Crippen LogP) is 1.78. The molecule has 0 radical (unpaired) electrons. The third-order valence-electron chi connectivity index (χ3n) is 5.18. The molecule has 1 aromatic heterocycles. The zero-order valence-electron chi connectivity index (χ0n) is 15.4. The van der Waals surface area contributed by atoms with Gasteiger partial charge in [0.15, 0.2) is 0 Å². The SMILES string of the molecule is CC(N)C1CCCCN1C(=O)CN1CCN(c2ccccn2)CC1.Cl.Cl. The number of piperidine rings is 1. The third kappa shape index (κ3) is 5.71. The number of pyridine rings is 1. The van der Waals surface area contributed by atoms with Crippen LogP contribution in [0.25, 0.3) is 0 Å². The van der Waals surface area contributed by atoms with E-state index in [1.165, 1.54) is 6.42 Å². The van der Waals surface area contributed by atoms with Crippen LogP contribution in [-0.2, 0) is 4.79 Å². The Balaban J connectivity index is 0.00000169. The van der Waals surface area contributed by atoms with Crippen LogP contribution in [0.3, 0.4) is 0 Å². The second-order valence-electron chi connectivity index (χ2n) is 6.96. The minimum Gasteiger partial charge on any atom is -0.354 e. The van der Waals surface area contributed by atoms with Crippen molar-refractivity contribution < 1.29 is 4.79 Å². The monoisotopic (exact) mass is 403 g/mol. The van der Waals surface area contributed by atoms with Gasteiger partial charge in [0.1, 0.15) is 5.82 Å². The molecule has 2 saturated heterocycles. The molecule has 0 spiro atoms. The smallest absolute Gasteiger partial charge is 0.237 e. The quantitative estimate of drug-likeness (QED) is 0.829. The van der Waals surface area contributed by atoms with E-state index in [0.717, 1.165) is 51.4 Å². The van der Waals surface area contributed by atoms with Gasteiger partial charge in [0, 0.05) is 51.0 Å². The number of aromatic nitrogens is 1. The van der Waals surface area contributed by atoms with Gasteiger partial charge in [-0.15, -0.1) is 24.8 Å². The van der Waals surface area contributed by atoms with Crippen molar-refractivity contribution in [2.75, 3.05) is 44.2 Å². The summed E-state index contributed by atoms with van der Waals surface area (Å²) < 4.78 is 0. The summed E-state index contributed by atoms with van der Waals surface area (Å²) in [5.41, 5.74) is 6.09. The molecule has 0 bridgehead atoms. The molecule has 0 aliphatic carbocycles. The topological polar surface area (TPSA) is 65.7 Å². The highest BCUT2D eigenvalue weighted by Crippen LogP contribution is 2.20. The Morgan fingerprint density at radius 3 is 2.54 bits per heavy atom. The van der Waals surface area contributed by atoms with Crippen LogP contribution in [0.1, 0.15) is 26.2 Å². The van der Waals surface area contributed by atoms with Gasteiger partial charge < -0.3 is 15.5 Å². The van der Waals surface area contributed by atoms with Crippen LogP contribution in [0.2, 0.25) is 0 Å². The highest BCUT2D eigenvalue weighted by molar-refractivity contribution is 5.85. The lowest BCUT2D eigenvalue weighted by atomic mass is 9.97. The van der Waals surface area contributed by atoms with Crippen molar-refractivity contribution >= 4 is 36.5 Å². The number of halogens is 2. The molecule has 2 atom stereocenters. The van der Waals surface area contributed by atoms with Gasteiger partial charge in [-0.25, -0.2) is 4.98 Å². The van der Waals surface area contributed by atoms with E-state index in [9.17, 15) is 4.79 Å². The van der Waals surface area contributed by atoms with Crippen LogP contribution in [0, 0.1) is 0 Å². The number of anilines is 1. The van der Waals surface area contributed by atoms with Crippen molar-refractivity contribution in [3.8, 4) is 0 Å². The average Bonchev–Trinajstić information content (AvgIpc) is 2.63. The van der Waals surface area contributed by atoms with E-state index in [1.807, 2.05) is 36.2 Å². The van der Waals surface area contributed by atoms with Crippen LogP contribution in [0.15, 0.2) is 24.4 Å². The number of carbonyl (C=O) groups excluding carboxylic acids is 1. The highest BCUT2D eigenvalue weighted by Gasteiger charge is 2.30. The number of rotatable bonds is 4.